The van der Waals surface area contributed by atoms with Gasteiger partial charge < -0.3 is 26.0 Å². The normalized spacial score (nSPS) is 11.0. The van der Waals surface area contributed by atoms with Crippen LogP contribution >= 0.6 is 11.6 Å². The number of aromatic nitrogens is 3. The van der Waals surface area contributed by atoms with Crippen molar-refractivity contribution in [3.63, 3.8) is 0 Å². The minimum absolute atomic E-state index is 0.422. The van der Waals surface area contributed by atoms with Gasteiger partial charge in [0, 0.05) is 44.0 Å². The second kappa shape index (κ2) is 9.33. The lowest BCUT2D eigenvalue weighted by atomic mass is 10.2. The zero-order valence-corrected chi connectivity index (χ0v) is 19.0. The number of hydrogen-bond donors (Lipinski definition) is 3. The molecule has 8 nitrogen and oxygen atoms in total. The zero-order valence-electron chi connectivity index (χ0n) is 18.3. The van der Waals surface area contributed by atoms with Crippen LogP contribution < -0.4 is 26.0 Å². The number of methoxy groups -OCH3 is 1. The fourth-order valence-corrected chi connectivity index (χ4v) is 3.83. The number of ether oxygens (including phenoxy) is 1. The molecule has 0 saturated heterocycles. The maximum absolute atomic E-state index is 6.41. The summed E-state index contributed by atoms with van der Waals surface area (Å²) in [5.41, 5.74) is 9.52. The Balaban J connectivity index is 1.66. The van der Waals surface area contributed by atoms with Gasteiger partial charge in [0.1, 0.15) is 11.6 Å². The third kappa shape index (κ3) is 4.28. The highest BCUT2D eigenvalue weighted by atomic mass is 35.5. The molecule has 0 aliphatic heterocycles. The molecular formula is C23H26ClN7O. The predicted molar refractivity (Wildman–Crippen MR) is 132 cm³/mol. The number of likely N-dealkylation sites (N-methyl/N-ethyl adjacent to an activating group) is 2. The summed E-state index contributed by atoms with van der Waals surface area (Å²) in [7, 11) is 5.54. The quantitative estimate of drug-likeness (QED) is 0.348. The molecule has 2 aromatic carbocycles. The van der Waals surface area contributed by atoms with Crippen LogP contribution in [0.5, 0.6) is 5.75 Å². The number of rotatable bonds is 8. The lowest BCUT2D eigenvalue weighted by molar-refractivity contribution is 0.417. The number of nitrogens with two attached hydrogens (primary N) is 1. The lowest BCUT2D eigenvalue weighted by Gasteiger charge is -2.23. The molecule has 32 heavy (non-hydrogen) atoms. The third-order valence-corrected chi connectivity index (χ3v) is 5.56. The van der Waals surface area contributed by atoms with Crippen LogP contribution in [-0.2, 0) is 0 Å². The van der Waals surface area contributed by atoms with Gasteiger partial charge in [-0.2, -0.15) is 4.98 Å². The number of benzene rings is 2. The minimum Gasteiger partial charge on any atom is -0.494 e. The van der Waals surface area contributed by atoms with E-state index in [4.69, 9.17) is 22.1 Å². The maximum atomic E-state index is 6.41. The average Bonchev–Trinajstić information content (AvgIpc) is 3.14. The van der Waals surface area contributed by atoms with E-state index in [0.29, 0.717) is 33.9 Å². The summed E-state index contributed by atoms with van der Waals surface area (Å²) < 4.78 is 7.55. The topological polar surface area (TPSA) is 93.3 Å². The van der Waals surface area contributed by atoms with Crippen molar-refractivity contribution in [3.05, 3.63) is 59.9 Å². The van der Waals surface area contributed by atoms with Crippen LogP contribution in [0.2, 0.25) is 5.02 Å². The first-order chi connectivity index (χ1) is 15.5. The molecule has 0 bridgehead atoms. The number of fused-ring (bicyclic) bond motifs is 1. The fraction of sp³-hybridized carbons (Fsp3) is 0.217. The highest BCUT2D eigenvalue weighted by Gasteiger charge is 2.14. The molecule has 0 unspecified atom stereocenters. The summed E-state index contributed by atoms with van der Waals surface area (Å²) in [6.45, 7) is 1.66. The van der Waals surface area contributed by atoms with E-state index in [1.54, 1.807) is 13.3 Å². The molecule has 0 radical (unpaired) electrons. The van der Waals surface area contributed by atoms with Crippen molar-refractivity contribution in [1.29, 1.82) is 0 Å². The van der Waals surface area contributed by atoms with E-state index in [1.807, 2.05) is 67.3 Å². The van der Waals surface area contributed by atoms with Crippen LogP contribution in [-0.4, -0.2) is 48.8 Å². The number of hydrogen-bond acceptors (Lipinski definition) is 7. The number of para-hydroxylation sites is 1. The van der Waals surface area contributed by atoms with E-state index in [1.165, 1.54) is 0 Å². The maximum Gasteiger partial charge on any atom is 0.229 e. The first-order valence-corrected chi connectivity index (χ1v) is 10.6. The molecular weight excluding hydrogens is 426 g/mol. The van der Waals surface area contributed by atoms with Crippen molar-refractivity contribution < 1.29 is 4.74 Å². The van der Waals surface area contributed by atoms with Crippen LogP contribution in [0.1, 0.15) is 0 Å². The first-order valence-electron chi connectivity index (χ1n) is 10.2. The van der Waals surface area contributed by atoms with Gasteiger partial charge in [-0.25, -0.2) is 4.98 Å². The number of halogens is 1. The molecule has 0 saturated carbocycles. The molecule has 2 heterocycles. The van der Waals surface area contributed by atoms with Crippen LogP contribution in [0, 0.1) is 0 Å². The van der Waals surface area contributed by atoms with Gasteiger partial charge in [-0.05, 0) is 25.2 Å². The van der Waals surface area contributed by atoms with E-state index in [2.05, 4.69) is 25.5 Å². The van der Waals surface area contributed by atoms with Crippen LogP contribution in [0.4, 0.5) is 23.0 Å². The van der Waals surface area contributed by atoms with Crippen molar-refractivity contribution in [2.75, 3.05) is 50.2 Å². The smallest absolute Gasteiger partial charge is 0.229 e. The SMILES string of the molecule is CNCCN(C)c1cc(OC)c(Nc2nccc(-n3cc(Cl)c4ccccc43)n2)cc1N. The van der Waals surface area contributed by atoms with Gasteiger partial charge in [-0.1, -0.05) is 29.8 Å². The number of anilines is 4. The zero-order chi connectivity index (χ0) is 22.7. The molecule has 4 rings (SSSR count). The summed E-state index contributed by atoms with van der Waals surface area (Å²) in [5.74, 6) is 1.76. The highest BCUT2D eigenvalue weighted by Crippen LogP contribution is 2.36. The molecule has 9 heteroatoms. The summed E-state index contributed by atoms with van der Waals surface area (Å²) in [6, 6.07) is 13.5. The highest BCUT2D eigenvalue weighted by molar-refractivity contribution is 6.35. The molecule has 0 aliphatic carbocycles. The summed E-state index contributed by atoms with van der Waals surface area (Å²) in [5, 5.41) is 8.01. The van der Waals surface area contributed by atoms with E-state index in [9.17, 15) is 0 Å². The van der Waals surface area contributed by atoms with Crippen molar-refractivity contribution in [2.24, 2.45) is 0 Å². The van der Waals surface area contributed by atoms with Gasteiger partial charge in [0.25, 0.3) is 0 Å². The van der Waals surface area contributed by atoms with Gasteiger partial charge in [0.15, 0.2) is 0 Å². The lowest BCUT2D eigenvalue weighted by Crippen LogP contribution is -2.27. The van der Waals surface area contributed by atoms with Gasteiger partial charge in [0.2, 0.25) is 5.95 Å². The third-order valence-electron chi connectivity index (χ3n) is 5.25. The number of nitrogens with zero attached hydrogens (tertiary/aromatic N) is 4. The molecule has 166 valence electrons. The second-order valence-electron chi connectivity index (χ2n) is 7.36. The van der Waals surface area contributed by atoms with E-state index < -0.39 is 0 Å². The Hall–Kier alpha value is -3.49. The molecule has 2 aromatic heterocycles. The minimum atomic E-state index is 0.422. The molecule has 0 aliphatic rings. The van der Waals surface area contributed by atoms with E-state index >= 15 is 0 Å². The Kier molecular flexibility index (Phi) is 6.34. The van der Waals surface area contributed by atoms with Crippen molar-refractivity contribution in [3.8, 4) is 11.6 Å². The molecule has 4 aromatic rings. The Bertz CT molecular complexity index is 1240. The van der Waals surface area contributed by atoms with Crippen LogP contribution in [0.3, 0.4) is 0 Å². The van der Waals surface area contributed by atoms with Crippen molar-refractivity contribution >= 4 is 45.5 Å². The predicted octanol–water partition coefficient (Wildman–Crippen LogP) is 4.06. The summed E-state index contributed by atoms with van der Waals surface area (Å²) in [6.07, 6.45) is 3.55. The molecule has 0 amide bonds. The average molecular weight is 452 g/mol. The van der Waals surface area contributed by atoms with Gasteiger partial charge in [-0.15, -0.1) is 0 Å². The van der Waals surface area contributed by atoms with Crippen LogP contribution in [0.15, 0.2) is 54.9 Å². The Morgan fingerprint density at radius 2 is 2.03 bits per heavy atom. The molecule has 4 N–H and O–H groups in total. The Morgan fingerprint density at radius 3 is 2.81 bits per heavy atom. The van der Waals surface area contributed by atoms with Crippen LogP contribution in [0.25, 0.3) is 16.7 Å². The van der Waals surface area contributed by atoms with Gasteiger partial charge in [-0.3, -0.25) is 4.57 Å². The van der Waals surface area contributed by atoms with E-state index in [0.717, 1.165) is 29.7 Å². The largest absolute Gasteiger partial charge is 0.494 e. The summed E-state index contributed by atoms with van der Waals surface area (Å²) in [4.78, 5) is 11.1. The molecule has 0 spiro atoms. The fourth-order valence-electron chi connectivity index (χ4n) is 3.57. The standard InChI is InChI=1S/C23H26ClN7O/c1-26-10-11-30(2)20-13-21(32-3)18(12-17(20)25)28-23-27-9-8-22(29-23)31-14-16(24)15-6-4-5-7-19(15)31/h4-9,12-14,26H,10-11,25H2,1-3H3,(H,27,28,29). The number of nitrogen functional groups attached to an aromatic ring is 1. The first kappa shape index (κ1) is 21.7. The molecule has 0 fully saturated rings. The van der Waals surface area contributed by atoms with Crippen molar-refractivity contribution in [2.45, 2.75) is 0 Å². The van der Waals surface area contributed by atoms with E-state index in [-0.39, 0.29) is 0 Å². The summed E-state index contributed by atoms with van der Waals surface area (Å²) >= 11 is 6.41. The Labute approximate surface area is 192 Å². The van der Waals surface area contributed by atoms with Gasteiger partial charge >= 0.3 is 0 Å². The Morgan fingerprint density at radius 1 is 1.22 bits per heavy atom. The number of nitrogens with one attached hydrogen (secondary N) is 2. The monoisotopic (exact) mass is 451 g/mol. The molecule has 0 atom stereocenters. The van der Waals surface area contributed by atoms with Gasteiger partial charge in [0.05, 0.1) is 34.7 Å². The van der Waals surface area contributed by atoms with Crippen molar-refractivity contribution in [1.82, 2.24) is 19.9 Å². The second-order valence-corrected chi connectivity index (χ2v) is 7.77.